The summed E-state index contributed by atoms with van der Waals surface area (Å²) in [5.41, 5.74) is -1.09. The largest absolute Gasteiger partial charge is 0.457 e. The number of aromatic nitrogens is 1. The average Bonchev–Trinajstić information content (AvgIpc) is 2.68. The molecular weight excluding hydrogens is 432 g/mol. The van der Waals surface area contributed by atoms with E-state index < -0.39 is 47.2 Å². The molecular formula is C23H30N2O8. The first kappa shape index (κ1) is 24.6. The van der Waals surface area contributed by atoms with Crippen LogP contribution in [-0.2, 0) is 43.7 Å². The summed E-state index contributed by atoms with van der Waals surface area (Å²) in [7, 11) is 0. The summed E-state index contributed by atoms with van der Waals surface area (Å²) in [6.45, 7) is 7.78. The Kier molecular flexibility index (Phi) is 7.06. The monoisotopic (exact) mass is 462 g/mol. The fourth-order valence-electron chi connectivity index (χ4n) is 3.83. The molecule has 0 unspecified atom stereocenters. The van der Waals surface area contributed by atoms with Gasteiger partial charge < -0.3 is 18.9 Å². The fraction of sp³-hybridized carbons (Fsp3) is 0.609. The van der Waals surface area contributed by atoms with Gasteiger partial charge in [-0.15, -0.1) is 0 Å². The number of pyridine rings is 1. The molecule has 0 aromatic carbocycles. The number of morpholine rings is 1. The first-order chi connectivity index (χ1) is 15.4. The van der Waals surface area contributed by atoms with E-state index in [0.29, 0.717) is 24.4 Å². The predicted octanol–water partition coefficient (Wildman–Crippen LogP) is 2.03. The zero-order valence-corrected chi connectivity index (χ0v) is 19.6. The third-order valence-corrected chi connectivity index (χ3v) is 5.31. The van der Waals surface area contributed by atoms with E-state index in [0.717, 1.165) is 13.3 Å². The first-order valence-corrected chi connectivity index (χ1v) is 10.9. The van der Waals surface area contributed by atoms with Crippen molar-refractivity contribution >= 4 is 29.6 Å². The Labute approximate surface area is 192 Å². The van der Waals surface area contributed by atoms with Crippen molar-refractivity contribution in [3.63, 3.8) is 0 Å². The molecule has 0 N–H and O–H groups in total. The van der Waals surface area contributed by atoms with Crippen molar-refractivity contribution in [3.05, 3.63) is 23.9 Å². The summed E-state index contributed by atoms with van der Waals surface area (Å²) in [4.78, 5) is 55.3. The lowest BCUT2D eigenvalue weighted by Crippen LogP contribution is -2.56. The van der Waals surface area contributed by atoms with Gasteiger partial charge in [0.2, 0.25) is 6.10 Å². The molecule has 1 aliphatic carbocycles. The van der Waals surface area contributed by atoms with Gasteiger partial charge in [0, 0.05) is 13.8 Å². The smallest absolute Gasteiger partial charge is 0.351 e. The molecule has 1 aromatic heterocycles. The predicted molar refractivity (Wildman–Crippen MR) is 115 cm³/mol. The molecule has 2 fully saturated rings. The number of ether oxygens (including phenoxy) is 4. The Morgan fingerprint density at radius 3 is 2.42 bits per heavy atom. The van der Waals surface area contributed by atoms with Crippen LogP contribution in [0.15, 0.2) is 18.2 Å². The molecule has 1 aliphatic heterocycles. The molecule has 2 heterocycles. The van der Waals surface area contributed by atoms with E-state index in [1.54, 1.807) is 39.0 Å². The van der Waals surface area contributed by atoms with E-state index in [-0.39, 0.29) is 13.2 Å². The van der Waals surface area contributed by atoms with Crippen LogP contribution in [0.5, 0.6) is 0 Å². The highest BCUT2D eigenvalue weighted by molar-refractivity contribution is 6.00. The lowest BCUT2D eigenvalue weighted by atomic mass is 9.77. The Morgan fingerprint density at radius 1 is 1.18 bits per heavy atom. The Bertz CT molecular complexity index is 935. The number of amides is 1. The molecule has 0 radical (unpaired) electrons. The molecule has 2 aliphatic rings. The highest BCUT2D eigenvalue weighted by Crippen LogP contribution is 2.44. The van der Waals surface area contributed by atoms with Gasteiger partial charge in [0.25, 0.3) is 5.91 Å². The number of hydrogen-bond donors (Lipinski definition) is 0. The number of anilines is 1. The summed E-state index contributed by atoms with van der Waals surface area (Å²) in [5.74, 6) is -2.27. The van der Waals surface area contributed by atoms with Gasteiger partial charge in [0.05, 0.1) is 18.8 Å². The molecule has 0 bridgehead atoms. The Hall–Kier alpha value is -3.01. The van der Waals surface area contributed by atoms with Crippen LogP contribution in [0.2, 0.25) is 0 Å². The summed E-state index contributed by atoms with van der Waals surface area (Å²) in [6.07, 6.45) is -0.739. The van der Waals surface area contributed by atoms with Crippen molar-refractivity contribution in [1.82, 2.24) is 4.98 Å². The first-order valence-electron chi connectivity index (χ1n) is 10.9. The lowest BCUT2D eigenvalue weighted by molar-refractivity contribution is -0.188. The van der Waals surface area contributed by atoms with Crippen LogP contribution in [0.25, 0.3) is 0 Å². The van der Waals surface area contributed by atoms with E-state index in [9.17, 15) is 19.2 Å². The third kappa shape index (κ3) is 5.68. The normalized spacial score (nSPS) is 20.9. The highest BCUT2D eigenvalue weighted by Gasteiger charge is 2.46. The molecule has 33 heavy (non-hydrogen) atoms. The maximum absolute atomic E-state index is 13.3. The minimum absolute atomic E-state index is 0.0952. The topological polar surface area (TPSA) is 121 Å². The van der Waals surface area contributed by atoms with Crippen molar-refractivity contribution in [2.24, 2.45) is 0 Å². The summed E-state index contributed by atoms with van der Waals surface area (Å²) in [5, 5.41) is 0. The Balaban J connectivity index is 1.87. The van der Waals surface area contributed by atoms with E-state index in [1.165, 1.54) is 11.8 Å². The minimum atomic E-state index is -1.56. The number of hydrogen-bond acceptors (Lipinski definition) is 9. The van der Waals surface area contributed by atoms with E-state index in [4.69, 9.17) is 18.9 Å². The fourth-order valence-corrected chi connectivity index (χ4v) is 3.83. The second-order valence-corrected chi connectivity index (χ2v) is 9.17. The molecule has 2 atom stereocenters. The third-order valence-electron chi connectivity index (χ3n) is 5.31. The van der Waals surface area contributed by atoms with Crippen LogP contribution >= 0.6 is 0 Å². The van der Waals surface area contributed by atoms with Gasteiger partial charge in [0.15, 0.2) is 11.7 Å². The second-order valence-electron chi connectivity index (χ2n) is 9.17. The van der Waals surface area contributed by atoms with Crippen molar-refractivity contribution in [3.8, 4) is 0 Å². The van der Waals surface area contributed by atoms with Gasteiger partial charge >= 0.3 is 17.9 Å². The molecule has 1 saturated carbocycles. The van der Waals surface area contributed by atoms with Crippen molar-refractivity contribution < 1.29 is 38.1 Å². The summed E-state index contributed by atoms with van der Waals surface area (Å²) >= 11 is 0. The van der Waals surface area contributed by atoms with E-state index in [1.807, 2.05) is 0 Å². The van der Waals surface area contributed by atoms with Gasteiger partial charge in [-0.1, -0.05) is 6.07 Å². The number of carbonyl (C=O) groups is 4. The van der Waals surface area contributed by atoms with Crippen LogP contribution in [0.1, 0.15) is 59.6 Å². The van der Waals surface area contributed by atoms with Crippen LogP contribution in [0, 0.1) is 0 Å². The SMILES string of the molecule is CC(=O)O[C@@H](C(=O)OC(C)(C)C)[C@H]1OCCN(c2cccc(C3(OC(C)=O)CCC3)n2)C1=O. The molecule has 10 nitrogen and oxygen atoms in total. The standard InChI is InChI=1S/C23H30N2O8/c1-14(26)31-19(21(29)33-22(3,4)5)18-20(28)25(12-13-30-18)17-9-6-8-16(24-17)23(10-7-11-23)32-15(2)27/h6,8-9,18-19H,7,10-13H2,1-5H3/t18-,19-/m1/s1. The molecule has 1 aromatic rings. The number of rotatable bonds is 6. The molecule has 1 amide bonds. The van der Waals surface area contributed by atoms with E-state index >= 15 is 0 Å². The average molecular weight is 462 g/mol. The maximum atomic E-state index is 13.3. The quantitative estimate of drug-likeness (QED) is 0.462. The number of nitrogens with zero attached hydrogens (tertiary/aromatic N) is 2. The van der Waals surface area contributed by atoms with Gasteiger partial charge in [-0.2, -0.15) is 0 Å². The number of carbonyl (C=O) groups excluding carboxylic acids is 4. The summed E-state index contributed by atoms with van der Waals surface area (Å²) in [6, 6.07) is 5.14. The van der Waals surface area contributed by atoms with Gasteiger partial charge in [-0.05, 0) is 52.2 Å². The molecule has 10 heteroatoms. The second kappa shape index (κ2) is 9.46. The maximum Gasteiger partial charge on any atom is 0.351 e. The molecule has 1 saturated heterocycles. The molecule has 3 rings (SSSR count). The van der Waals surface area contributed by atoms with Gasteiger partial charge in [-0.25, -0.2) is 9.78 Å². The molecule has 0 spiro atoms. The molecule has 180 valence electrons. The van der Waals surface area contributed by atoms with Crippen molar-refractivity contribution in [2.75, 3.05) is 18.1 Å². The van der Waals surface area contributed by atoms with Crippen LogP contribution in [0.3, 0.4) is 0 Å². The zero-order valence-electron chi connectivity index (χ0n) is 19.6. The summed E-state index contributed by atoms with van der Waals surface area (Å²) < 4.78 is 21.6. The van der Waals surface area contributed by atoms with E-state index in [2.05, 4.69) is 4.98 Å². The lowest BCUT2D eigenvalue weighted by Gasteiger charge is -2.41. The van der Waals surface area contributed by atoms with Gasteiger partial charge in [-0.3, -0.25) is 19.3 Å². The van der Waals surface area contributed by atoms with Crippen LogP contribution in [-0.4, -0.2) is 59.8 Å². The Morgan fingerprint density at radius 2 is 1.88 bits per heavy atom. The van der Waals surface area contributed by atoms with Gasteiger partial charge in [0.1, 0.15) is 11.4 Å². The van der Waals surface area contributed by atoms with Crippen LogP contribution in [0.4, 0.5) is 5.82 Å². The zero-order chi connectivity index (χ0) is 24.4. The highest BCUT2D eigenvalue weighted by atomic mass is 16.6. The number of esters is 3. The van der Waals surface area contributed by atoms with Crippen LogP contribution < -0.4 is 4.90 Å². The van der Waals surface area contributed by atoms with Crippen molar-refractivity contribution in [2.45, 2.75) is 77.3 Å². The van der Waals surface area contributed by atoms with Crippen molar-refractivity contribution in [1.29, 1.82) is 0 Å². The minimum Gasteiger partial charge on any atom is -0.457 e.